The average Bonchev–Trinajstić information content (AvgIpc) is 2.48. The molecule has 0 radical (unpaired) electrons. The molecule has 2 rings (SSSR count). The van der Waals surface area contributed by atoms with Crippen molar-refractivity contribution in [2.75, 3.05) is 18.1 Å². The van der Waals surface area contributed by atoms with E-state index >= 15 is 0 Å². The second-order valence-electron chi connectivity index (χ2n) is 4.41. The molecule has 6 heteroatoms. The highest BCUT2D eigenvalue weighted by atomic mass is 35.5. The van der Waals surface area contributed by atoms with E-state index in [1.54, 1.807) is 24.3 Å². The van der Waals surface area contributed by atoms with E-state index in [0.29, 0.717) is 18.1 Å². The molecule has 0 saturated carbocycles. The van der Waals surface area contributed by atoms with Crippen LogP contribution >= 0.6 is 11.6 Å². The highest BCUT2D eigenvalue weighted by Gasteiger charge is 2.18. The van der Waals surface area contributed by atoms with Gasteiger partial charge in [0.1, 0.15) is 5.02 Å². The van der Waals surface area contributed by atoms with E-state index < -0.39 is 5.82 Å². The largest absolute Gasteiger partial charge is 0.490 e. The van der Waals surface area contributed by atoms with Crippen LogP contribution in [0.1, 0.15) is 13.3 Å². The van der Waals surface area contributed by atoms with Crippen molar-refractivity contribution in [3.8, 4) is 17.2 Å². The topological polar surface area (TPSA) is 70.5 Å². The molecule has 0 bridgehead atoms. The molecule has 2 aromatic carbocycles. The van der Waals surface area contributed by atoms with Crippen LogP contribution in [0.25, 0.3) is 0 Å². The summed E-state index contributed by atoms with van der Waals surface area (Å²) in [5, 5.41) is -0.217. The Kier molecular flexibility index (Phi) is 4.75. The van der Waals surface area contributed by atoms with E-state index in [0.717, 1.165) is 6.42 Å². The zero-order valence-corrected chi connectivity index (χ0v) is 12.3. The number of nitrogens with two attached hydrogens (primary N) is 2. The van der Waals surface area contributed by atoms with Gasteiger partial charge in [-0.25, -0.2) is 4.39 Å². The Hall–Kier alpha value is -2.14. The van der Waals surface area contributed by atoms with Crippen molar-refractivity contribution >= 4 is 23.0 Å². The van der Waals surface area contributed by atoms with Crippen molar-refractivity contribution < 1.29 is 13.9 Å². The molecular formula is C15H16ClFN2O2. The number of para-hydroxylation sites is 2. The van der Waals surface area contributed by atoms with E-state index in [-0.39, 0.29) is 22.1 Å². The molecule has 0 amide bonds. The number of rotatable bonds is 5. The average molecular weight is 311 g/mol. The van der Waals surface area contributed by atoms with Crippen LogP contribution in [0.2, 0.25) is 5.02 Å². The fourth-order valence-corrected chi connectivity index (χ4v) is 1.87. The summed E-state index contributed by atoms with van der Waals surface area (Å²) in [7, 11) is 0. The van der Waals surface area contributed by atoms with Crippen molar-refractivity contribution in [2.24, 2.45) is 0 Å². The molecule has 0 fully saturated rings. The predicted octanol–water partition coefficient (Wildman–Crippen LogP) is 4.22. The lowest BCUT2D eigenvalue weighted by Gasteiger charge is -2.15. The summed E-state index contributed by atoms with van der Waals surface area (Å²) in [5.74, 6) is -0.0929. The number of nitrogen functional groups attached to an aromatic ring is 2. The number of benzene rings is 2. The smallest absolute Gasteiger partial charge is 0.188 e. The summed E-state index contributed by atoms with van der Waals surface area (Å²) in [5.41, 5.74) is 11.4. The molecule has 4 nitrogen and oxygen atoms in total. The van der Waals surface area contributed by atoms with Gasteiger partial charge in [-0.2, -0.15) is 0 Å². The molecule has 0 atom stereocenters. The van der Waals surface area contributed by atoms with Crippen LogP contribution in [-0.2, 0) is 0 Å². The molecule has 0 aliphatic rings. The lowest BCUT2D eigenvalue weighted by Crippen LogP contribution is -2.01. The van der Waals surface area contributed by atoms with Gasteiger partial charge in [-0.15, -0.1) is 0 Å². The zero-order chi connectivity index (χ0) is 15.4. The molecule has 0 aliphatic heterocycles. The van der Waals surface area contributed by atoms with Gasteiger partial charge in [0.2, 0.25) is 0 Å². The van der Waals surface area contributed by atoms with Crippen LogP contribution in [0.4, 0.5) is 15.8 Å². The summed E-state index contributed by atoms with van der Waals surface area (Å²) in [6, 6.07) is 8.30. The first-order valence-corrected chi connectivity index (χ1v) is 6.85. The lowest BCUT2D eigenvalue weighted by molar-refractivity contribution is 0.300. The Morgan fingerprint density at radius 2 is 1.81 bits per heavy atom. The van der Waals surface area contributed by atoms with Gasteiger partial charge in [-0.3, -0.25) is 0 Å². The number of hydrogen-bond donors (Lipinski definition) is 2. The van der Waals surface area contributed by atoms with Crippen molar-refractivity contribution in [3.63, 3.8) is 0 Å². The van der Waals surface area contributed by atoms with Crippen LogP contribution in [0, 0.1) is 5.82 Å². The van der Waals surface area contributed by atoms with Gasteiger partial charge in [0.05, 0.1) is 18.0 Å². The first kappa shape index (κ1) is 15.3. The van der Waals surface area contributed by atoms with Gasteiger partial charge in [-0.05, 0) is 24.6 Å². The summed E-state index contributed by atoms with van der Waals surface area (Å²) in [6.45, 7) is 2.52. The molecule has 0 unspecified atom stereocenters. The number of ether oxygens (including phenoxy) is 2. The maximum Gasteiger partial charge on any atom is 0.188 e. The fourth-order valence-electron chi connectivity index (χ4n) is 1.73. The van der Waals surface area contributed by atoms with E-state index in [1.807, 2.05) is 6.92 Å². The van der Waals surface area contributed by atoms with Crippen LogP contribution in [0.5, 0.6) is 17.2 Å². The number of halogens is 2. The third-order valence-electron chi connectivity index (χ3n) is 2.74. The maximum absolute atomic E-state index is 14.1. The summed E-state index contributed by atoms with van der Waals surface area (Å²) in [6.07, 6.45) is 0.846. The molecule has 21 heavy (non-hydrogen) atoms. The quantitative estimate of drug-likeness (QED) is 0.811. The molecule has 112 valence electrons. The number of anilines is 2. The highest BCUT2D eigenvalue weighted by molar-refractivity contribution is 6.33. The van der Waals surface area contributed by atoms with E-state index in [9.17, 15) is 4.39 Å². The molecule has 0 aliphatic carbocycles. The maximum atomic E-state index is 14.1. The van der Waals surface area contributed by atoms with Gasteiger partial charge < -0.3 is 20.9 Å². The third kappa shape index (κ3) is 3.31. The minimum absolute atomic E-state index is 0.0644. The van der Waals surface area contributed by atoms with Crippen LogP contribution in [-0.4, -0.2) is 6.61 Å². The molecule has 0 spiro atoms. The molecule has 4 N–H and O–H groups in total. The number of hydrogen-bond acceptors (Lipinski definition) is 4. The summed E-state index contributed by atoms with van der Waals surface area (Å²) >= 11 is 5.78. The first-order chi connectivity index (χ1) is 10.0. The van der Waals surface area contributed by atoms with E-state index in [2.05, 4.69) is 0 Å². The zero-order valence-electron chi connectivity index (χ0n) is 11.5. The second kappa shape index (κ2) is 6.54. The highest BCUT2D eigenvalue weighted by Crippen LogP contribution is 2.40. The molecule has 0 aromatic heterocycles. The van der Waals surface area contributed by atoms with Gasteiger partial charge in [0, 0.05) is 0 Å². The normalized spacial score (nSPS) is 10.4. The second-order valence-corrected chi connectivity index (χ2v) is 4.79. The van der Waals surface area contributed by atoms with E-state index in [1.165, 1.54) is 6.07 Å². The standard InChI is InChI=1S/C15H16ClFN2O2/c1-2-7-20-11-5-3-4-6-12(11)21-15-10(19)8-9(18)13(16)14(15)17/h3-6,8H,2,7,18-19H2,1H3. The van der Waals surface area contributed by atoms with Crippen LogP contribution in [0.15, 0.2) is 30.3 Å². The SMILES string of the molecule is CCCOc1ccccc1Oc1c(N)cc(N)c(Cl)c1F. The van der Waals surface area contributed by atoms with Gasteiger partial charge >= 0.3 is 0 Å². The van der Waals surface area contributed by atoms with Gasteiger partial charge in [-0.1, -0.05) is 30.7 Å². The van der Waals surface area contributed by atoms with E-state index in [4.69, 9.17) is 32.5 Å². The summed E-state index contributed by atoms with van der Waals surface area (Å²) in [4.78, 5) is 0. The minimum Gasteiger partial charge on any atom is -0.490 e. The monoisotopic (exact) mass is 310 g/mol. The minimum atomic E-state index is -0.792. The van der Waals surface area contributed by atoms with Gasteiger partial charge in [0.25, 0.3) is 0 Å². The Labute approximate surface area is 127 Å². The Balaban J connectivity index is 2.37. The Morgan fingerprint density at radius 3 is 2.48 bits per heavy atom. The summed E-state index contributed by atoms with van der Waals surface area (Å²) < 4.78 is 25.2. The third-order valence-corrected chi connectivity index (χ3v) is 3.13. The van der Waals surface area contributed by atoms with Crippen molar-refractivity contribution in [3.05, 3.63) is 41.2 Å². The molecule has 0 saturated heterocycles. The molecular weight excluding hydrogens is 295 g/mol. The lowest BCUT2D eigenvalue weighted by atomic mass is 10.2. The first-order valence-electron chi connectivity index (χ1n) is 6.47. The van der Waals surface area contributed by atoms with Crippen molar-refractivity contribution in [1.82, 2.24) is 0 Å². The van der Waals surface area contributed by atoms with Crippen molar-refractivity contribution in [2.45, 2.75) is 13.3 Å². The fraction of sp³-hybridized carbons (Fsp3) is 0.200. The van der Waals surface area contributed by atoms with Gasteiger partial charge in [0.15, 0.2) is 23.1 Å². The van der Waals surface area contributed by atoms with Crippen LogP contribution in [0.3, 0.4) is 0 Å². The predicted molar refractivity (Wildman–Crippen MR) is 82.5 cm³/mol. The Bertz CT molecular complexity index is 650. The molecule has 2 aromatic rings. The van der Waals surface area contributed by atoms with Crippen LogP contribution < -0.4 is 20.9 Å². The Morgan fingerprint density at radius 1 is 1.14 bits per heavy atom. The molecule has 0 heterocycles. The van der Waals surface area contributed by atoms with Crippen molar-refractivity contribution in [1.29, 1.82) is 0 Å².